The standard InChI is InChI=1S/C18H24N6O/c1-12-15(13(2)25-23-12)11-21-18(19-4)20-9-10-24-14(3)22-16-7-5-6-8-17(16)24/h5-8H,9-11H2,1-4H3,(H2,19,20,21). The third kappa shape index (κ3) is 3.65. The van der Waals surface area contributed by atoms with Gasteiger partial charge in [0.05, 0.1) is 16.7 Å². The van der Waals surface area contributed by atoms with E-state index in [4.69, 9.17) is 4.52 Å². The maximum atomic E-state index is 5.18. The lowest BCUT2D eigenvalue weighted by Crippen LogP contribution is -2.38. The highest BCUT2D eigenvalue weighted by Crippen LogP contribution is 2.15. The molecule has 0 saturated heterocycles. The molecule has 0 amide bonds. The first kappa shape index (κ1) is 17.0. The van der Waals surface area contributed by atoms with Crippen molar-refractivity contribution in [3.8, 4) is 0 Å². The number of nitrogens with one attached hydrogen (secondary N) is 2. The average molecular weight is 340 g/mol. The average Bonchev–Trinajstić information content (AvgIpc) is 3.10. The summed E-state index contributed by atoms with van der Waals surface area (Å²) in [6.45, 7) is 8.09. The van der Waals surface area contributed by atoms with Gasteiger partial charge >= 0.3 is 0 Å². The summed E-state index contributed by atoms with van der Waals surface area (Å²) in [5.41, 5.74) is 4.15. The molecule has 0 radical (unpaired) electrons. The Labute approximate surface area is 147 Å². The Kier molecular flexibility index (Phi) is 5.02. The summed E-state index contributed by atoms with van der Waals surface area (Å²) in [7, 11) is 1.76. The van der Waals surface area contributed by atoms with E-state index in [0.29, 0.717) is 6.54 Å². The molecule has 7 nitrogen and oxygen atoms in total. The van der Waals surface area contributed by atoms with Crippen molar-refractivity contribution in [2.75, 3.05) is 13.6 Å². The van der Waals surface area contributed by atoms with E-state index < -0.39 is 0 Å². The normalized spacial score (nSPS) is 11.9. The Morgan fingerprint density at radius 2 is 2.00 bits per heavy atom. The van der Waals surface area contributed by atoms with E-state index in [1.54, 1.807) is 7.05 Å². The SMILES string of the molecule is CN=C(NCCn1c(C)nc2ccccc21)NCc1c(C)noc1C. The number of hydrogen-bond acceptors (Lipinski definition) is 4. The molecule has 0 fully saturated rings. The van der Waals surface area contributed by atoms with Gasteiger partial charge in [-0.15, -0.1) is 0 Å². The third-order valence-electron chi connectivity index (χ3n) is 4.31. The molecule has 0 unspecified atom stereocenters. The summed E-state index contributed by atoms with van der Waals surface area (Å²) in [6.07, 6.45) is 0. The Bertz CT molecular complexity index is 873. The van der Waals surface area contributed by atoms with E-state index in [9.17, 15) is 0 Å². The zero-order chi connectivity index (χ0) is 17.8. The smallest absolute Gasteiger partial charge is 0.191 e. The number of hydrogen-bond donors (Lipinski definition) is 2. The quantitative estimate of drug-likeness (QED) is 0.550. The van der Waals surface area contributed by atoms with Gasteiger partial charge in [-0.25, -0.2) is 4.98 Å². The van der Waals surface area contributed by atoms with Crippen LogP contribution >= 0.6 is 0 Å². The molecule has 0 atom stereocenters. The molecule has 2 aromatic heterocycles. The van der Waals surface area contributed by atoms with E-state index in [2.05, 4.69) is 36.4 Å². The van der Waals surface area contributed by atoms with Crippen molar-refractivity contribution in [3.05, 3.63) is 47.1 Å². The van der Waals surface area contributed by atoms with Crippen LogP contribution in [0.5, 0.6) is 0 Å². The molecule has 0 saturated carbocycles. The molecule has 3 aromatic rings. The number of imidazole rings is 1. The molecule has 7 heteroatoms. The van der Waals surface area contributed by atoms with Gasteiger partial charge in [0, 0.05) is 32.2 Å². The minimum atomic E-state index is 0.633. The van der Waals surface area contributed by atoms with Gasteiger partial charge in [-0.3, -0.25) is 4.99 Å². The molecule has 0 spiro atoms. The predicted molar refractivity (Wildman–Crippen MR) is 98.6 cm³/mol. The number of aliphatic imine (C=N–C) groups is 1. The van der Waals surface area contributed by atoms with Gasteiger partial charge in [-0.1, -0.05) is 17.3 Å². The van der Waals surface area contributed by atoms with Crippen LogP contribution in [0.1, 0.15) is 22.8 Å². The monoisotopic (exact) mass is 340 g/mol. The Morgan fingerprint density at radius 3 is 2.72 bits per heavy atom. The maximum Gasteiger partial charge on any atom is 0.191 e. The number of guanidine groups is 1. The molecular formula is C18H24N6O. The number of fused-ring (bicyclic) bond motifs is 1. The number of benzene rings is 1. The molecule has 0 bridgehead atoms. The van der Waals surface area contributed by atoms with Crippen molar-refractivity contribution >= 4 is 17.0 Å². The third-order valence-corrected chi connectivity index (χ3v) is 4.31. The summed E-state index contributed by atoms with van der Waals surface area (Å²) in [5, 5.41) is 10.6. The van der Waals surface area contributed by atoms with Crippen molar-refractivity contribution in [3.63, 3.8) is 0 Å². The summed E-state index contributed by atoms with van der Waals surface area (Å²) >= 11 is 0. The molecule has 3 rings (SSSR count). The largest absolute Gasteiger partial charge is 0.361 e. The lowest BCUT2D eigenvalue weighted by molar-refractivity contribution is 0.392. The zero-order valence-corrected chi connectivity index (χ0v) is 15.1. The highest BCUT2D eigenvalue weighted by molar-refractivity contribution is 5.79. The molecule has 2 N–H and O–H groups in total. The fourth-order valence-electron chi connectivity index (χ4n) is 2.91. The molecule has 0 aliphatic heterocycles. The van der Waals surface area contributed by atoms with Gasteiger partial charge in [-0.2, -0.15) is 0 Å². The van der Waals surface area contributed by atoms with Gasteiger partial charge in [0.1, 0.15) is 11.6 Å². The van der Waals surface area contributed by atoms with Gasteiger partial charge in [0.25, 0.3) is 0 Å². The number of aryl methyl sites for hydroxylation is 3. The van der Waals surface area contributed by atoms with Crippen molar-refractivity contribution < 1.29 is 4.52 Å². The number of nitrogens with zero attached hydrogens (tertiary/aromatic N) is 4. The van der Waals surface area contributed by atoms with Crippen molar-refractivity contribution in [2.24, 2.45) is 4.99 Å². The summed E-state index contributed by atoms with van der Waals surface area (Å²) in [5.74, 6) is 2.60. The van der Waals surface area contributed by atoms with Crippen LogP contribution in [-0.4, -0.2) is 34.3 Å². The lowest BCUT2D eigenvalue weighted by atomic mass is 10.2. The Morgan fingerprint density at radius 1 is 1.20 bits per heavy atom. The first-order valence-electron chi connectivity index (χ1n) is 8.38. The summed E-state index contributed by atoms with van der Waals surface area (Å²) in [6, 6.07) is 8.19. The lowest BCUT2D eigenvalue weighted by Gasteiger charge is -2.13. The maximum absolute atomic E-state index is 5.18. The number of para-hydroxylation sites is 2. The molecule has 25 heavy (non-hydrogen) atoms. The van der Waals surface area contributed by atoms with Crippen LogP contribution in [0.25, 0.3) is 11.0 Å². The first-order valence-corrected chi connectivity index (χ1v) is 8.38. The second kappa shape index (κ2) is 7.38. The van der Waals surface area contributed by atoms with E-state index in [1.807, 2.05) is 39.0 Å². The van der Waals surface area contributed by atoms with E-state index in [1.165, 1.54) is 0 Å². The zero-order valence-electron chi connectivity index (χ0n) is 15.1. The van der Waals surface area contributed by atoms with Crippen molar-refractivity contribution in [1.29, 1.82) is 0 Å². The van der Waals surface area contributed by atoms with Crippen LogP contribution in [0.3, 0.4) is 0 Å². The molecule has 0 aliphatic carbocycles. The minimum absolute atomic E-state index is 0.633. The Hall–Kier alpha value is -2.83. The highest BCUT2D eigenvalue weighted by Gasteiger charge is 2.10. The van der Waals surface area contributed by atoms with E-state index in [-0.39, 0.29) is 0 Å². The summed E-state index contributed by atoms with van der Waals surface area (Å²) < 4.78 is 7.40. The van der Waals surface area contributed by atoms with Crippen LogP contribution in [0, 0.1) is 20.8 Å². The van der Waals surface area contributed by atoms with Crippen LogP contribution in [0.2, 0.25) is 0 Å². The van der Waals surface area contributed by atoms with Crippen LogP contribution in [0.4, 0.5) is 0 Å². The first-order chi connectivity index (χ1) is 12.1. The van der Waals surface area contributed by atoms with E-state index >= 15 is 0 Å². The fraction of sp³-hybridized carbons (Fsp3) is 0.389. The number of rotatable bonds is 5. The van der Waals surface area contributed by atoms with Crippen molar-refractivity contribution in [1.82, 2.24) is 25.3 Å². The van der Waals surface area contributed by atoms with Crippen molar-refractivity contribution in [2.45, 2.75) is 33.9 Å². The number of aromatic nitrogens is 3. The second-order valence-corrected chi connectivity index (χ2v) is 5.95. The van der Waals surface area contributed by atoms with Gasteiger partial charge in [-0.05, 0) is 32.9 Å². The van der Waals surface area contributed by atoms with Crippen LogP contribution < -0.4 is 10.6 Å². The van der Waals surface area contributed by atoms with Gasteiger partial charge < -0.3 is 19.7 Å². The predicted octanol–water partition coefficient (Wildman–Crippen LogP) is 2.31. The molecule has 1 aromatic carbocycles. The molecule has 0 aliphatic rings. The second-order valence-electron chi connectivity index (χ2n) is 5.95. The van der Waals surface area contributed by atoms with E-state index in [0.717, 1.165) is 52.9 Å². The molecule has 132 valence electrons. The molecule has 2 heterocycles. The molecular weight excluding hydrogens is 316 g/mol. The minimum Gasteiger partial charge on any atom is -0.361 e. The topological polar surface area (TPSA) is 80.3 Å². The van der Waals surface area contributed by atoms with Crippen LogP contribution in [0.15, 0.2) is 33.8 Å². The van der Waals surface area contributed by atoms with Gasteiger partial charge in [0.15, 0.2) is 5.96 Å². The fourth-order valence-corrected chi connectivity index (χ4v) is 2.91. The Balaban J connectivity index is 1.57. The van der Waals surface area contributed by atoms with Gasteiger partial charge in [0.2, 0.25) is 0 Å². The summed E-state index contributed by atoms with van der Waals surface area (Å²) in [4.78, 5) is 8.86. The highest BCUT2D eigenvalue weighted by atomic mass is 16.5. The van der Waals surface area contributed by atoms with Crippen LogP contribution in [-0.2, 0) is 13.1 Å².